The van der Waals surface area contributed by atoms with Crippen molar-refractivity contribution in [3.8, 4) is 6.07 Å². The summed E-state index contributed by atoms with van der Waals surface area (Å²) in [6.07, 6.45) is 14.2. The molecule has 168 valence electrons. The molecule has 4 unspecified atom stereocenters. The quantitative estimate of drug-likeness (QED) is 0.731. The van der Waals surface area contributed by atoms with Crippen LogP contribution in [0.15, 0.2) is 64.7 Å². The Morgan fingerprint density at radius 1 is 1.30 bits per heavy atom. The van der Waals surface area contributed by atoms with Crippen molar-refractivity contribution >= 4 is 17.8 Å². The molecule has 0 amide bonds. The van der Waals surface area contributed by atoms with E-state index in [1.54, 1.807) is 24.5 Å². The highest BCUT2D eigenvalue weighted by molar-refractivity contribution is 6.03. The standard InChI is InChI=1S/C24H23FN6O2/c25-19-9-15(4-5-18(19)22-29-20-6-3-14(10-26)8-21(20)30-22)17-11-27-24(28-12-17)31-7-1-2-16(13-31)23(32)33/h3,5-6,8-9,11-12,15-16,20-21H,1-2,4,7,13H2,(H,29,30)(H,32,33). The van der Waals surface area contributed by atoms with E-state index in [-0.39, 0.29) is 23.8 Å². The van der Waals surface area contributed by atoms with Gasteiger partial charge in [-0.2, -0.15) is 5.26 Å². The number of rotatable bonds is 4. The lowest BCUT2D eigenvalue weighted by atomic mass is 9.91. The Bertz CT molecular complexity index is 1160. The van der Waals surface area contributed by atoms with Crippen LogP contribution in [0.1, 0.15) is 30.7 Å². The average Bonchev–Trinajstić information content (AvgIpc) is 3.27. The number of hydrogen-bond donors (Lipinski definition) is 2. The van der Waals surface area contributed by atoms with Crippen LogP contribution in [0.3, 0.4) is 0 Å². The number of nitrogens with zero attached hydrogens (tertiary/aromatic N) is 5. The third-order valence-electron chi connectivity index (χ3n) is 6.49. The molecule has 0 aromatic carbocycles. The summed E-state index contributed by atoms with van der Waals surface area (Å²) in [7, 11) is 0. The summed E-state index contributed by atoms with van der Waals surface area (Å²) in [4.78, 5) is 26.6. The smallest absolute Gasteiger partial charge is 0.308 e. The van der Waals surface area contributed by atoms with Crippen LogP contribution in [-0.2, 0) is 4.79 Å². The molecule has 4 aliphatic rings. The van der Waals surface area contributed by atoms with Gasteiger partial charge >= 0.3 is 5.97 Å². The molecule has 0 bridgehead atoms. The number of aromatic nitrogens is 2. The maximum atomic E-state index is 15.0. The van der Waals surface area contributed by atoms with E-state index in [9.17, 15) is 9.90 Å². The zero-order valence-electron chi connectivity index (χ0n) is 17.9. The fourth-order valence-corrected chi connectivity index (χ4v) is 4.65. The van der Waals surface area contributed by atoms with Crippen LogP contribution >= 0.6 is 0 Å². The van der Waals surface area contributed by atoms with Gasteiger partial charge in [-0.25, -0.2) is 14.4 Å². The van der Waals surface area contributed by atoms with Crippen LogP contribution < -0.4 is 10.2 Å². The second kappa shape index (κ2) is 8.62. The van der Waals surface area contributed by atoms with Crippen LogP contribution in [-0.4, -0.2) is 52.1 Å². The third kappa shape index (κ3) is 4.16. The summed E-state index contributed by atoms with van der Waals surface area (Å²) >= 11 is 0. The molecular weight excluding hydrogens is 423 g/mol. The molecule has 2 aliphatic heterocycles. The monoisotopic (exact) mass is 446 g/mol. The highest BCUT2D eigenvalue weighted by atomic mass is 19.1. The van der Waals surface area contributed by atoms with E-state index in [2.05, 4.69) is 26.3 Å². The topological polar surface area (TPSA) is 115 Å². The predicted molar refractivity (Wildman–Crippen MR) is 120 cm³/mol. The SMILES string of the molecule is N#CC1=CC2NC(C3=CCC(c4cnc(N5CCCC(C(=O)O)C5)nc4)C=C3F)=NC2C=C1. The third-order valence-corrected chi connectivity index (χ3v) is 6.49. The lowest BCUT2D eigenvalue weighted by molar-refractivity contribution is -0.141. The lowest BCUT2D eigenvalue weighted by Crippen LogP contribution is -2.39. The van der Waals surface area contributed by atoms with E-state index in [0.29, 0.717) is 42.3 Å². The number of amidine groups is 1. The van der Waals surface area contributed by atoms with Crippen LogP contribution in [0, 0.1) is 17.2 Å². The molecule has 2 aliphatic carbocycles. The van der Waals surface area contributed by atoms with Gasteiger partial charge in [0.15, 0.2) is 0 Å². The van der Waals surface area contributed by atoms with E-state index in [4.69, 9.17) is 5.26 Å². The minimum Gasteiger partial charge on any atom is -0.481 e. The molecule has 2 N–H and O–H groups in total. The number of nitriles is 1. The van der Waals surface area contributed by atoms with Crippen molar-refractivity contribution in [2.45, 2.75) is 37.3 Å². The van der Waals surface area contributed by atoms with Gasteiger partial charge in [0.1, 0.15) is 11.7 Å². The number of allylic oxidation sites excluding steroid dienone is 4. The first-order chi connectivity index (χ1) is 16.0. The van der Waals surface area contributed by atoms with Crippen LogP contribution in [0.5, 0.6) is 0 Å². The summed E-state index contributed by atoms with van der Waals surface area (Å²) in [6, 6.07) is 1.84. The van der Waals surface area contributed by atoms with E-state index in [0.717, 1.165) is 18.5 Å². The van der Waals surface area contributed by atoms with E-state index in [1.165, 1.54) is 0 Å². The predicted octanol–water partition coefficient (Wildman–Crippen LogP) is 2.80. The lowest BCUT2D eigenvalue weighted by Gasteiger charge is -2.30. The molecule has 0 saturated carbocycles. The van der Waals surface area contributed by atoms with Crippen LogP contribution in [0.4, 0.5) is 10.3 Å². The van der Waals surface area contributed by atoms with Crippen molar-refractivity contribution in [1.29, 1.82) is 5.26 Å². The zero-order chi connectivity index (χ0) is 22.9. The molecule has 1 saturated heterocycles. The Kier molecular flexibility index (Phi) is 5.50. The molecule has 4 atom stereocenters. The number of hydrogen-bond acceptors (Lipinski definition) is 7. The molecule has 8 nitrogen and oxygen atoms in total. The number of piperidine rings is 1. The molecule has 1 aromatic rings. The van der Waals surface area contributed by atoms with Crippen molar-refractivity contribution in [2.75, 3.05) is 18.0 Å². The summed E-state index contributed by atoms with van der Waals surface area (Å²) in [6.45, 7) is 1.13. The molecular formula is C24H23FN6O2. The van der Waals surface area contributed by atoms with Crippen molar-refractivity contribution in [2.24, 2.45) is 10.9 Å². The van der Waals surface area contributed by atoms with Crippen molar-refractivity contribution in [3.63, 3.8) is 0 Å². The molecule has 0 spiro atoms. The number of fused-ring (bicyclic) bond motifs is 1. The first kappa shape index (κ1) is 21.1. The fraction of sp³-hybridized carbons (Fsp3) is 0.375. The number of aliphatic carboxylic acids is 1. The van der Waals surface area contributed by atoms with Crippen LogP contribution in [0.2, 0.25) is 0 Å². The minimum absolute atomic E-state index is 0.137. The summed E-state index contributed by atoms with van der Waals surface area (Å²) < 4.78 is 15.0. The highest BCUT2D eigenvalue weighted by Gasteiger charge is 2.32. The first-order valence-corrected chi connectivity index (χ1v) is 11.0. The molecule has 0 radical (unpaired) electrons. The van der Waals surface area contributed by atoms with Gasteiger partial charge in [0.05, 0.1) is 24.1 Å². The van der Waals surface area contributed by atoms with Crippen molar-refractivity contribution in [1.82, 2.24) is 15.3 Å². The number of halogens is 1. The fourth-order valence-electron chi connectivity index (χ4n) is 4.65. The van der Waals surface area contributed by atoms with Gasteiger partial charge < -0.3 is 15.3 Å². The number of anilines is 1. The van der Waals surface area contributed by atoms with E-state index < -0.39 is 11.9 Å². The van der Waals surface area contributed by atoms with Gasteiger partial charge in [-0.1, -0.05) is 12.2 Å². The number of carboxylic acid groups (broad SMARTS) is 1. The number of carbonyl (C=O) groups is 1. The normalized spacial score (nSPS) is 28.5. The molecule has 3 heterocycles. The Morgan fingerprint density at radius 3 is 2.85 bits per heavy atom. The van der Waals surface area contributed by atoms with E-state index in [1.807, 2.05) is 23.1 Å². The molecule has 1 aromatic heterocycles. The highest BCUT2D eigenvalue weighted by Crippen LogP contribution is 2.33. The number of carboxylic acids is 1. The van der Waals surface area contributed by atoms with E-state index >= 15 is 4.39 Å². The van der Waals surface area contributed by atoms with Gasteiger partial charge in [-0.05, 0) is 43.1 Å². The Morgan fingerprint density at radius 2 is 2.12 bits per heavy atom. The zero-order valence-corrected chi connectivity index (χ0v) is 17.9. The Balaban J connectivity index is 1.26. The second-order valence-electron chi connectivity index (χ2n) is 8.65. The summed E-state index contributed by atoms with van der Waals surface area (Å²) in [5.41, 5.74) is 1.81. The number of nitrogens with one attached hydrogen (secondary N) is 1. The largest absolute Gasteiger partial charge is 0.481 e. The van der Waals surface area contributed by atoms with Gasteiger partial charge in [0, 0.05) is 42.5 Å². The minimum atomic E-state index is -0.792. The maximum absolute atomic E-state index is 15.0. The molecule has 1 fully saturated rings. The van der Waals surface area contributed by atoms with Crippen molar-refractivity contribution < 1.29 is 14.3 Å². The Labute approximate surface area is 190 Å². The number of aliphatic imine (C=N–C) groups is 1. The van der Waals surface area contributed by atoms with Gasteiger partial charge in [0.25, 0.3) is 0 Å². The summed E-state index contributed by atoms with van der Waals surface area (Å²) in [5, 5.41) is 21.6. The first-order valence-electron chi connectivity index (χ1n) is 11.0. The Hall–Kier alpha value is -3.80. The van der Waals surface area contributed by atoms with Gasteiger partial charge in [-0.3, -0.25) is 9.79 Å². The molecule has 5 rings (SSSR count). The average molecular weight is 446 g/mol. The summed E-state index contributed by atoms with van der Waals surface area (Å²) in [5.74, 6) is -0.735. The van der Waals surface area contributed by atoms with Crippen LogP contribution in [0.25, 0.3) is 0 Å². The van der Waals surface area contributed by atoms with Gasteiger partial charge in [0.2, 0.25) is 5.95 Å². The van der Waals surface area contributed by atoms with Crippen molar-refractivity contribution in [3.05, 3.63) is 65.3 Å². The second-order valence-corrected chi connectivity index (χ2v) is 8.65. The maximum Gasteiger partial charge on any atom is 0.308 e. The molecule has 33 heavy (non-hydrogen) atoms. The van der Waals surface area contributed by atoms with Gasteiger partial charge in [-0.15, -0.1) is 0 Å². The molecule has 9 heteroatoms.